The summed E-state index contributed by atoms with van der Waals surface area (Å²) < 4.78 is 71.2. The fourth-order valence-corrected chi connectivity index (χ4v) is 4.19. The highest BCUT2D eigenvalue weighted by Gasteiger charge is 2.30. The molecule has 0 N–H and O–H groups in total. The second-order valence-corrected chi connectivity index (χ2v) is 8.02. The number of para-hydroxylation sites is 1. The first-order valence-corrected chi connectivity index (χ1v) is 9.83. The van der Waals surface area contributed by atoms with Crippen molar-refractivity contribution in [3.8, 4) is 5.75 Å². The first kappa shape index (κ1) is 20.2. The number of hydrogen-bond acceptors (Lipinski definition) is 4. The quantitative estimate of drug-likeness (QED) is 0.751. The van der Waals surface area contributed by atoms with E-state index in [0.29, 0.717) is 6.07 Å². The van der Waals surface area contributed by atoms with Crippen molar-refractivity contribution in [3.63, 3.8) is 0 Å². The molecule has 28 heavy (non-hydrogen) atoms. The first-order valence-electron chi connectivity index (χ1n) is 8.39. The molecule has 1 saturated heterocycles. The molecule has 1 fully saturated rings. The number of rotatable bonds is 5. The SMILES string of the molecule is O=C(COc1ccccc1F)N1CCN(S(=O)(=O)c2ccc(F)c(F)c2)CC1. The molecule has 150 valence electrons. The maximum absolute atomic E-state index is 13.5. The van der Waals surface area contributed by atoms with E-state index in [-0.39, 0.29) is 43.4 Å². The summed E-state index contributed by atoms with van der Waals surface area (Å²) in [5.41, 5.74) is 0. The van der Waals surface area contributed by atoms with Gasteiger partial charge >= 0.3 is 0 Å². The third-order valence-corrected chi connectivity index (χ3v) is 6.20. The largest absolute Gasteiger partial charge is 0.481 e. The van der Waals surface area contributed by atoms with E-state index in [1.165, 1.54) is 23.1 Å². The summed E-state index contributed by atoms with van der Waals surface area (Å²) in [7, 11) is -4.00. The lowest BCUT2D eigenvalue weighted by Crippen LogP contribution is -2.51. The predicted molar refractivity (Wildman–Crippen MR) is 93.6 cm³/mol. The number of sulfonamides is 1. The molecule has 0 aromatic heterocycles. The maximum atomic E-state index is 13.5. The van der Waals surface area contributed by atoms with Gasteiger partial charge in [-0.25, -0.2) is 21.6 Å². The van der Waals surface area contributed by atoms with Crippen LogP contribution in [0.1, 0.15) is 0 Å². The Hall–Kier alpha value is -2.59. The van der Waals surface area contributed by atoms with Crippen LogP contribution in [0.15, 0.2) is 47.4 Å². The Bertz CT molecular complexity index is 977. The molecule has 3 rings (SSSR count). The second kappa shape index (κ2) is 8.19. The molecular formula is C18H17F3N2O4S. The molecule has 2 aromatic rings. The van der Waals surface area contributed by atoms with Crippen LogP contribution in [0.5, 0.6) is 5.75 Å². The zero-order chi connectivity index (χ0) is 20.3. The molecule has 10 heteroatoms. The number of piperazine rings is 1. The van der Waals surface area contributed by atoms with Crippen molar-refractivity contribution in [2.24, 2.45) is 0 Å². The van der Waals surface area contributed by atoms with E-state index in [1.54, 1.807) is 6.07 Å². The normalized spacial score (nSPS) is 15.5. The highest BCUT2D eigenvalue weighted by molar-refractivity contribution is 7.89. The first-order chi connectivity index (χ1) is 13.3. The van der Waals surface area contributed by atoms with Gasteiger partial charge in [0.05, 0.1) is 4.90 Å². The van der Waals surface area contributed by atoms with Gasteiger partial charge in [-0.05, 0) is 30.3 Å². The fraction of sp³-hybridized carbons (Fsp3) is 0.278. The minimum Gasteiger partial charge on any atom is -0.481 e. The molecule has 0 unspecified atom stereocenters. The van der Waals surface area contributed by atoms with Gasteiger partial charge in [0.25, 0.3) is 5.91 Å². The van der Waals surface area contributed by atoms with Crippen LogP contribution in [-0.4, -0.2) is 56.3 Å². The molecule has 2 aromatic carbocycles. The summed E-state index contributed by atoms with van der Waals surface area (Å²) in [5.74, 6) is -3.43. The average Bonchev–Trinajstić information content (AvgIpc) is 2.69. The van der Waals surface area contributed by atoms with Crippen LogP contribution in [0, 0.1) is 17.5 Å². The molecule has 1 aliphatic heterocycles. The van der Waals surface area contributed by atoms with Crippen molar-refractivity contribution in [1.29, 1.82) is 0 Å². The van der Waals surface area contributed by atoms with Crippen molar-refractivity contribution < 1.29 is 31.1 Å². The topological polar surface area (TPSA) is 66.9 Å². The maximum Gasteiger partial charge on any atom is 0.260 e. The number of halogens is 3. The van der Waals surface area contributed by atoms with Crippen LogP contribution in [0.25, 0.3) is 0 Å². The molecule has 0 aliphatic carbocycles. The van der Waals surface area contributed by atoms with Gasteiger partial charge in [-0.3, -0.25) is 4.79 Å². The van der Waals surface area contributed by atoms with Crippen LogP contribution < -0.4 is 4.74 Å². The predicted octanol–water partition coefficient (Wildman–Crippen LogP) is 2.02. The van der Waals surface area contributed by atoms with Crippen LogP contribution in [0.3, 0.4) is 0 Å². The summed E-state index contributed by atoms with van der Waals surface area (Å²) in [5, 5.41) is 0. The van der Waals surface area contributed by atoms with E-state index in [2.05, 4.69) is 0 Å². The standard InChI is InChI=1S/C18H17F3N2O4S/c19-14-6-5-13(11-16(14)21)28(25,26)23-9-7-22(8-10-23)18(24)12-27-17-4-2-1-3-15(17)20/h1-6,11H,7-10,12H2. The Balaban J connectivity index is 1.58. The van der Waals surface area contributed by atoms with E-state index in [0.717, 1.165) is 16.4 Å². The van der Waals surface area contributed by atoms with E-state index >= 15 is 0 Å². The lowest BCUT2D eigenvalue weighted by atomic mass is 10.3. The van der Waals surface area contributed by atoms with Crippen molar-refractivity contribution in [1.82, 2.24) is 9.21 Å². The summed E-state index contributed by atoms with van der Waals surface area (Å²) in [6.45, 7) is -0.193. The number of ether oxygens (including phenoxy) is 1. The molecule has 0 saturated carbocycles. The van der Waals surface area contributed by atoms with Crippen LogP contribution in [0.2, 0.25) is 0 Å². The van der Waals surface area contributed by atoms with E-state index in [9.17, 15) is 26.4 Å². The van der Waals surface area contributed by atoms with Gasteiger partial charge in [0.15, 0.2) is 29.8 Å². The smallest absolute Gasteiger partial charge is 0.260 e. The average molecular weight is 414 g/mol. The summed E-state index contributed by atoms with van der Waals surface area (Å²) in [4.78, 5) is 13.3. The molecule has 0 spiro atoms. The van der Waals surface area contributed by atoms with Crippen molar-refractivity contribution in [3.05, 3.63) is 59.9 Å². The van der Waals surface area contributed by atoms with Gasteiger partial charge in [0, 0.05) is 26.2 Å². The second-order valence-electron chi connectivity index (χ2n) is 6.08. The number of nitrogens with zero attached hydrogens (tertiary/aromatic N) is 2. The Morgan fingerprint density at radius 1 is 0.929 bits per heavy atom. The van der Waals surface area contributed by atoms with Gasteiger partial charge < -0.3 is 9.64 Å². The van der Waals surface area contributed by atoms with E-state index < -0.39 is 33.4 Å². The molecule has 0 radical (unpaired) electrons. The minimum absolute atomic E-state index is 0.00718. The highest BCUT2D eigenvalue weighted by atomic mass is 32.2. The summed E-state index contributed by atoms with van der Waals surface area (Å²) in [6.07, 6.45) is 0. The van der Waals surface area contributed by atoms with Gasteiger partial charge in [-0.1, -0.05) is 12.1 Å². The molecule has 6 nitrogen and oxygen atoms in total. The number of benzene rings is 2. The van der Waals surface area contributed by atoms with Crippen LogP contribution in [-0.2, 0) is 14.8 Å². The Morgan fingerprint density at radius 2 is 1.61 bits per heavy atom. The monoisotopic (exact) mass is 414 g/mol. The molecular weight excluding hydrogens is 397 g/mol. The van der Waals surface area contributed by atoms with Gasteiger partial charge in [0.1, 0.15) is 0 Å². The third-order valence-electron chi connectivity index (χ3n) is 4.31. The zero-order valence-electron chi connectivity index (χ0n) is 14.6. The van der Waals surface area contributed by atoms with Gasteiger partial charge in [-0.2, -0.15) is 4.31 Å². The number of amides is 1. The molecule has 0 bridgehead atoms. The lowest BCUT2D eigenvalue weighted by molar-refractivity contribution is -0.134. The fourth-order valence-electron chi connectivity index (χ4n) is 2.76. The van der Waals surface area contributed by atoms with E-state index in [1.807, 2.05) is 0 Å². The number of carbonyl (C=O) groups excluding carboxylic acids is 1. The zero-order valence-corrected chi connectivity index (χ0v) is 15.5. The van der Waals surface area contributed by atoms with E-state index in [4.69, 9.17) is 4.74 Å². The Morgan fingerprint density at radius 3 is 2.25 bits per heavy atom. The molecule has 1 amide bonds. The van der Waals surface area contributed by atoms with Crippen LogP contribution in [0.4, 0.5) is 13.2 Å². The highest BCUT2D eigenvalue weighted by Crippen LogP contribution is 2.20. The number of carbonyl (C=O) groups is 1. The minimum atomic E-state index is -4.00. The molecule has 1 heterocycles. The third kappa shape index (κ3) is 4.28. The van der Waals surface area contributed by atoms with Crippen molar-refractivity contribution >= 4 is 15.9 Å². The van der Waals surface area contributed by atoms with Gasteiger partial charge in [-0.15, -0.1) is 0 Å². The van der Waals surface area contributed by atoms with Crippen molar-refractivity contribution in [2.75, 3.05) is 32.8 Å². The molecule has 0 atom stereocenters. The Kier molecular flexibility index (Phi) is 5.90. The Labute approximate surface area is 160 Å². The summed E-state index contributed by atoms with van der Waals surface area (Å²) >= 11 is 0. The summed E-state index contributed by atoms with van der Waals surface area (Å²) in [6, 6.07) is 8.05. The molecule has 1 aliphatic rings. The lowest BCUT2D eigenvalue weighted by Gasteiger charge is -2.34. The van der Waals surface area contributed by atoms with Crippen molar-refractivity contribution in [2.45, 2.75) is 4.90 Å². The van der Waals surface area contributed by atoms with Crippen LogP contribution >= 0.6 is 0 Å². The van der Waals surface area contributed by atoms with Gasteiger partial charge in [0.2, 0.25) is 10.0 Å². The number of hydrogen-bond donors (Lipinski definition) is 0.